The fourth-order valence-electron chi connectivity index (χ4n) is 2.20. The first kappa shape index (κ1) is 13.1. The molecule has 1 aliphatic rings. The van der Waals surface area contributed by atoms with Crippen molar-refractivity contribution in [1.82, 2.24) is 15.5 Å². The maximum Gasteiger partial charge on any atom is 0.261 e. The van der Waals surface area contributed by atoms with Gasteiger partial charge in [-0.15, -0.1) is 0 Å². The molecule has 1 aromatic carbocycles. The average molecular weight is 275 g/mol. The first-order chi connectivity index (χ1) is 9.78. The average Bonchev–Trinajstić information content (AvgIpc) is 2.98. The first-order valence-corrected chi connectivity index (χ1v) is 6.59. The highest BCUT2D eigenvalue weighted by molar-refractivity contribution is 5.63. The van der Waals surface area contributed by atoms with Crippen LogP contribution in [0.5, 0.6) is 5.75 Å². The molecule has 0 radical (unpaired) electrons. The Kier molecular flexibility index (Phi) is 3.66. The van der Waals surface area contributed by atoms with Gasteiger partial charge in [-0.2, -0.15) is 4.98 Å². The Hall–Kier alpha value is -1.92. The maximum absolute atomic E-state index is 5.61. The van der Waals surface area contributed by atoms with Gasteiger partial charge in [0.15, 0.2) is 0 Å². The zero-order valence-electron chi connectivity index (χ0n) is 11.5. The van der Waals surface area contributed by atoms with Gasteiger partial charge in [-0.25, -0.2) is 0 Å². The summed E-state index contributed by atoms with van der Waals surface area (Å²) in [5, 5.41) is 7.26. The molecule has 1 aromatic heterocycles. The Labute approximate surface area is 117 Å². The van der Waals surface area contributed by atoms with Crippen molar-refractivity contribution >= 4 is 0 Å². The smallest absolute Gasteiger partial charge is 0.261 e. The van der Waals surface area contributed by atoms with E-state index in [0.717, 1.165) is 17.7 Å². The van der Waals surface area contributed by atoms with Crippen LogP contribution >= 0.6 is 0 Å². The zero-order valence-corrected chi connectivity index (χ0v) is 11.5. The van der Waals surface area contributed by atoms with Gasteiger partial charge in [0.1, 0.15) is 11.9 Å². The van der Waals surface area contributed by atoms with E-state index < -0.39 is 0 Å². The van der Waals surface area contributed by atoms with Crippen LogP contribution in [-0.4, -0.2) is 36.9 Å². The second-order valence-corrected chi connectivity index (χ2v) is 4.73. The normalized spacial score (nSPS) is 19.0. The second kappa shape index (κ2) is 5.60. The molecule has 6 heteroatoms. The third kappa shape index (κ3) is 2.52. The van der Waals surface area contributed by atoms with E-state index in [9.17, 15) is 0 Å². The van der Waals surface area contributed by atoms with Crippen molar-refractivity contribution in [3.63, 3.8) is 0 Å². The Bertz CT molecular complexity index is 591. The lowest BCUT2D eigenvalue weighted by molar-refractivity contribution is 0.0208. The minimum Gasteiger partial charge on any atom is -0.496 e. The van der Waals surface area contributed by atoms with Crippen molar-refractivity contribution < 1.29 is 14.0 Å². The van der Waals surface area contributed by atoms with Gasteiger partial charge in [-0.05, 0) is 19.1 Å². The number of rotatable bonds is 3. The number of hydrogen-bond donors (Lipinski definition) is 1. The molecule has 0 bridgehead atoms. The minimum atomic E-state index is -0.156. The van der Waals surface area contributed by atoms with Crippen LogP contribution in [0.1, 0.15) is 17.5 Å². The summed E-state index contributed by atoms with van der Waals surface area (Å²) in [6, 6.07) is 5.84. The van der Waals surface area contributed by atoms with E-state index in [0.29, 0.717) is 30.6 Å². The van der Waals surface area contributed by atoms with E-state index in [4.69, 9.17) is 14.0 Å². The number of nitrogens with zero attached hydrogens (tertiary/aromatic N) is 2. The van der Waals surface area contributed by atoms with Gasteiger partial charge in [0.05, 0.1) is 19.3 Å². The zero-order chi connectivity index (χ0) is 13.9. The highest BCUT2D eigenvalue weighted by Crippen LogP contribution is 2.30. The Morgan fingerprint density at radius 2 is 2.30 bits per heavy atom. The fourth-order valence-corrected chi connectivity index (χ4v) is 2.20. The molecule has 1 N–H and O–H groups in total. The molecule has 20 heavy (non-hydrogen) atoms. The van der Waals surface area contributed by atoms with Crippen LogP contribution in [-0.2, 0) is 4.74 Å². The lowest BCUT2D eigenvalue weighted by Crippen LogP contribution is -2.33. The van der Waals surface area contributed by atoms with Crippen molar-refractivity contribution in [2.75, 3.05) is 26.8 Å². The van der Waals surface area contributed by atoms with Crippen molar-refractivity contribution in [1.29, 1.82) is 0 Å². The lowest BCUT2D eigenvalue weighted by atomic mass is 10.1. The Balaban J connectivity index is 1.91. The summed E-state index contributed by atoms with van der Waals surface area (Å²) in [6.45, 7) is 4.22. The molecule has 1 fully saturated rings. The van der Waals surface area contributed by atoms with Crippen LogP contribution in [0.25, 0.3) is 11.5 Å². The number of hydrogen-bond acceptors (Lipinski definition) is 6. The van der Waals surface area contributed by atoms with E-state index >= 15 is 0 Å². The minimum absolute atomic E-state index is 0.156. The molecule has 0 amide bonds. The third-order valence-electron chi connectivity index (χ3n) is 3.24. The van der Waals surface area contributed by atoms with Gasteiger partial charge >= 0.3 is 0 Å². The largest absolute Gasteiger partial charge is 0.496 e. The predicted octanol–water partition coefficient (Wildman–Crippen LogP) is 1.71. The van der Waals surface area contributed by atoms with Crippen LogP contribution in [0, 0.1) is 6.92 Å². The SMILES string of the molecule is COc1ccc(C)cc1-c1nc(C2CNCCO2)no1. The summed E-state index contributed by atoms with van der Waals surface area (Å²) in [5.74, 6) is 1.74. The molecular formula is C14H17N3O3. The quantitative estimate of drug-likeness (QED) is 0.919. The number of aryl methyl sites for hydroxylation is 1. The van der Waals surface area contributed by atoms with Crippen molar-refractivity contribution in [3.05, 3.63) is 29.6 Å². The van der Waals surface area contributed by atoms with Crippen LogP contribution in [0.4, 0.5) is 0 Å². The van der Waals surface area contributed by atoms with Gasteiger partial charge in [-0.3, -0.25) is 0 Å². The second-order valence-electron chi connectivity index (χ2n) is 4.73. The molecule has 2 aromatic rings. The van der Waals surface area contributed by atoms with E-state index in [-0.39, 0.29) is 6.10 Å². The molecule has 106 valence electrons. The highest BCUT2D eigenvalue weighted by Gasteiger charge is 2.23. The van der Waals surface area contributed by atoms with Gasteiger partial charge in [0.25, 0.3) is 5.89 Å². The summed E-state index contributed by atoms with van der Waals surface area (Å²) >= 11 is 0. The van der Waals surface area contributed by atoms with Crippen LogP contribution < -0.4 is 10.1 Å². The lowest BCUT2D eigenvalue weighted by Gasteiger charge is -2.20. The molecule has 1 saturated heterocycles. The Morgan fingerprint density at radius 3 is 3.05 bits per heavy atom. The fraction of sp³-hybridized carbons (Fsp3) is 0.429. The van der Waals surface area contributed by atoms with Crippen molar-refractivity contribution in [2.45, 2.75) is 13.0 Å². The molecule has 3 rings (SSSR count). The summed E-state index contributed by atoms with van der Waals surface area (Å²) in [5.41, 5.74) is 1.91. The monoisotopic (exact) mass is 275 g/mol. The van der Waals surface area contributed by atoms with Crippen LogP contribution in [0.3, 0.4) is 0 Å². The van der Waals surface area contributed by atoms with Gasteiger partial charge < -0.3 is 19.3 Å². The van der Waals surface area contributed by atoms with Crippen molar-refractivity contribution in [3.8, 4) is 17.2 Å². The third-order valence-corrected chi connectivity index (χ3v) is 3.24. The predicted molar refractivity (Wildman–Crippen MR) is 72.6 cm³/mol. The number of morpholine rings is 1. The molecule has 2 heterocycles. The van der Waals surface area contributed by atoms with E-state index in [1.807, 2.05) is 25.1 Å². The highest BCUT2D eigenvalue weighted by atomic mass is 16.5. The summed E-state index contributed by atoms with van der Waals surface area (Å²) in [7, 11) is 1.62. The maximum atomic E-state index is 5.61. The van der Waals surface area contributed by atoms with Gasteiger partial charge in [0, 0.05) is 13.1 Å². The molecule has 0 aliphatic carbocycles. The number of aromatic nitrogens is 2. The number of nitrogens with one attached hydrogen (secondary N) is 1. The molecular weight excluding hydrogens is 258 g/mol. The number of ether oxygens (including phenoxy) is 2. The molecule has 0 spiro atoms. The van der Waals surface area contributed by atoms with Crippen LogP contribution in [0.15, 0.2) is 22.7 Å². The molecule has 1 aliphatic heterocycles. The number of benzene rings is 1. The first-order valence-electron chi connectivity index (χ1n) is 6.59. The standard InChI is InChI=1S/C14H17N3O3/c1-9-3-4-11(18-2)10(7-9)14-16-13(17-20-14)12-8-15-5-6-19-12/h3-4,7,12,15H,5-6,8H2,1-2H3. The van der Waals surface area contributed by atoms with Gasteiger partial charge in [-0.1, -0.05) is 16.8 Å². The van der Waals surface area contributed by atoms with Gasteiger partial charge in [0.2, 0.25) is 5.82 Å². The summed E-state index contributed by atoms with van der Waals surface area (Å²) < 4.78 is 16.3. The molecule has 1 unspecified atom stereocenters. The number of methoxy groups -OCH3 is 1. The topological polar surface area (TPSA) is 69.4 Å². The van der Waals surface area contributed by atoms with E-state index in [1.165, 1.54) is 0 Å². The van der Waals surface area contributed by atoms with E-state index in [2.05, 4.69) is 15.5 Å². The summed E-state index contributed by atoms with van der Waals surface area (Å²) in [4.78, 5) is 4.43. The summed E-state index contributed by atoms with van der Waals surface area (Å²) in [6.07, 6.45) is -0.156. The molecule has 1 atom stereocenters. The Morgan fingerprint density at radius 1 is 1.40 bits per heavy atom. The van der Waals surface area contributed by atoms with E-state index in [1.54, 1.807) is 7.11 Å². The van der Waals surface area contributed by atoms with Crippen LogP contribution in [0.2, 0.25) is 0 Å². The molecule has 0 saturated carbocycles. The van der Waals surface area contributed by atoms with Crippen molar-refractivity contribution in [2.24, 2.45) is 0 Å². The molecule has 6 nitrogen and oxygen atoms in total.